The Bertz CT molecular complexity index is 799. The third kappa shape index (κ3) is 2.24. The Morgan fingerprint density at radius 3 is 2.86 bits per heavy atom. The minimum atomic E-state index is -0.0467. The highest BCUT2D eigenvalue weighted by molar-refractivity contribution is 5.94. The molecule has 2 aromatic carbocycles. The van der Waals surface area contributed by atoms with E-state index in [4.69, 9.17) is 0 Å². The first kappa shape index (κ1) is 12.0. The molecule has 6 heteroatoms. The molecule has 0 aliphatic heterocycles. The number of benzene rings is 2. The Hall–Kier alpha value is -2.76. The van der Waals surface area contributed by atoms with Gasteiger partial charge in [-0.25, -0.2) is 0 Å². The summed E-state index contributed by atoms with van der Waals surface area (Å²) < 4.78 is 0. The van der Waals surface area contributed by atoms with Crippen molar-refractivity contribution < 1.29 is 4.79 Å². The summed E-state index contributed by atoms with van der Waals surface area (Å²) >= 11 is 0. The number of nitrogens with zero attached hydrogens (tertiary/aromatic N) is 3. The highest BCUT2D eigenvalue weighted by Crippen LogP contribution is 2.48. The lowest BCUT2D eigenvalue weighted by Crippen LogP contribution is -2.15. The third-order valence-corrected chi connectivity index (χ3v) is 3.91. The molecule has 0 saturated heterocycles. The van der Waals surface area contributed by atoms with Gasteiger partial charge in [-0.2, -0.15) is 5.21 Å². The molecule has 1 heterocycles. The summed E-state index contributed by atoms with van der Waals surface area (Å²) in [5.74, 6) is 0.449. The summed E-state index contributed by atoms with van der Waals surface area (Å²) in [6, 6.07) is 14.6. The van der Waals surface area contributed by atoms with Crippen LogP contribution in [-0.4, -0.2) is 26.5 Å². The number of tetrazole rings is 1. The fourth-order valence-electron chi connectivity index (χ4n) is 2.71. The third-order valence-electron chi connectivity index (χ3n) is 3.91. The van der Waals surface area contributed by atoms with Crippen LogP contribution >= 0.6 is 0 Å². The van der Waals surface area contributed by atoms with Crippen LogP contribution in [-0.2, 0) is 4.79 Å². The van der Waals surface area contributed by atoms with E-state index in [1.54, 1.807) is 0 Å². The molecule has 1 amide bonds. The van der Waals surface area contributed by atoms with Crippen LogP contribution < -0.4 is 5.32 Å². The smallest absolute Gasteiger partial charge is 0.269 e. The summed E-state index contributed by atoms with van der Waals surface area (Å²) in [4.78, 5) is 12.1. The number of nitrogens with one attached hydrogen (secondary N) is 2. The van der Waals surface area contributed by atoms with Crippen LogP contribution in [0.4, 0.5) is 5.95 Å². The van der Waals surface area contributed by atoms with Crippen LogP contribution in [0, 0.1) is 5.92 Å². The number of aromatic amines is 1. The van der Waals surface area contributed by atoms with Crippen LogP contribution in [0.3, 0.4) is 0 Å². The molecule has 3 aromatic rings. The number of carbonyl (C=O) groups excluding carboxylic acids is 1. The van der Waals surface area contributed by atoms with Crippen molar-refractivity contribution in [3.63, 3.8) is 0 Å². The van der Waals surface area contributed by atoms with Gasteiger partial charge in [-0.3, -0.25) is 10.1 Å². The molecule has 0 radical (unpaired) electrons. The molecule has 6 nitrogen and oxygen atoms in total. The molecule has 2 unspecified atom stereocenters. The van der Waals surface area contributed by atoms with Gasteiger partial charge in [-0.05, 0) is 33.9 Å². The lowest BCUT2D eigenvalue weighted by molar-refractivity contribution is -0.117. The zero-order chi connectivity index (χ0) is 14.2. The number of anilines is 1. The normalized spacial score (nSPS) is 20.4. The van der Waals surface area contributed by atoms with E-state index in [0.29, 0.717) is 0 Å². The first-order valence-corrected chi connectivity index (χ1v) is 6.84. The maximum atomic E-state index is 12.1. The van der Waals surface area contributed by atoms with E-state index in [1.807, 2.05) is 12.1 Å². The van der Waals surface area contributed by atoms with E-state index in [9.17, 15) is 4.79 Å². The Morgan fingerprint density at radius 1 is 1.19 bits per heavy atom. The highest BCUT2D eigenvalue weighted by Gasteiger charge is 2.44. The number of carbonyl (C=O) groups is 1. The number of fused-ring (bicyclic) bond motifs is 1. The molecular weight excluding hydrogens is 266 g/mol. The molecule has 1 aliphatic rings. The number of H-pyrrole nitrogens is 1. The Balaban J connectivity index is 1.51. The number of amides is 1. The minimum absolute atomic E-state index is 0.00957. The molecule has 104 valence electrons. The van der Waals surface area contributed by atoms with Gasteiger partial charge in [-0.15, -0.1) is 5.10 Å². The van der Waals surface area contributed by atoms with Crippen LogP contribution in [0.25, 0.3) is 10.8 Å². The van der Waals surface area contributed by atoms with Crippen molar-refractivity contribution in [2.24, 2.45) is 5.92 Å². The fourth-order valence-corrected chi connectivity index (χ4v) is 2.71. The second-order valence-corrected chi connectivity index (χ2v) is 5.28. The van der Waals surface area contributed by atoms with E-state index in [1.165, 1.54) is 16.3 Å². The average Bonchev–Trinajstić information content (AvgIpc) is 3.17. The standard InChI is InChI=1S/C15H13N5O/c21-14(16-15-17-19-20-18-15)13-8-12(13)11-6-5-9-3-1-2-4-10(9)7-11/h1-7,12-13H,8H2,(H2,16,17,18,19,20,21). The number of rotatable bonds is 3. The summed E-state index contributed by atoms with van der Waals surface area (Å²) in [5.41, 5.74) is 1.21. The quantitative estimate of drug-likeness (QED) is 0.769. The van der Waals surface area contributed by atoms with Gasteiger partial charge in [0.1, 0.15) is 0 Å². The zero-order valence-electron chi connectivity index (χ0n) is 11.2. The topological polar surface area (TPSA) is 83.6 Å². The molecule has 4 rings (SSSR count). The summed E-state index contributed by atoms with van der Waals surface area (Å²) in [5, 5.41) is 18.3. The number of aromatic nitrogens is 4. The molecule has 0 bridgehead atoms. The van der Waals surface area contributed by atoms with E-state index in [0.717, 1.165) is 6.42 Å². The molecule has 1 aromatic heterocycles. The number of hydrogen-bond donors (Lipinski definition) is 2. The van der Waals surface area contributed by atoms with Crippen molar-refractivity contribution in [2.75, 3.05) is 5.32 Å². The van der Waals surface area contributed by atoms with Gasteiger partial charge in [0.2, 0.25) is 5.91 Å². The predicted octanol–water partition coefficient (Wildman–Crippen LogP) is 2.10. The zero-order valence-corrected chi connectivity index (χ0v) is 11.2. The Labute approximate surface area is 120 Å². The summed E-state index contributed by atoms with van der Waals surface area (Å²) in [7, 11) is 0. The SMILES string of the molecule is O=C(Nc1nn[nH]n1)C1CC1c1ccc2ccccc2c1. The minimum Gasteiger partial charge on any atom is -0.292 e. The van der Waals surface area contributed by atoms with Gasteiger partial charge in [0.15, 0.2) is 0 Å². The van der Waals surface area contributed by atoms with Gasteiger partial charge in [0.05, 0.1) is 0 Å². The van der Waals surface area contributed by atoms with Crippen LogP contribution in [0.2, 0.25) is 0 Å². The maximum absolute atomic E-state index is 12.1. The maximum Gasteiger partial charge on any atom is 0.269 e. The molecule has 21 heavy (non-hydrogen) atoms. The molecule has 1 saturated carbocycles. The molecule has 1 aliphatic carbocycles. The average molecular weight is 279 g/mol. The van der Waals surface area contributed by atoms with Crippen LogP contribution in [0.5, 0.6) is 0 Å². The molecular formula is C15H13N5O. The predicted molar refractivity (Wildman–Crippen MR) is 77.6 cm³/mol. The van der Waals surface area contributed by atoms with Gasteiger partial charge < -0.3 is 0 Å². The monoisotopic (exact) mass is 279 g/mol. The lowest BCUT2D eigenvalue weighted by Gasteiger charge is -2.03. The molecule has 2 N–H and O–H groups in total. The van der Waals surface area contributed by atoms with Crippen molar-refractivity contribution in [1.29, 1.82) is 0 Å². The van der Waals surface area contributed by atoms with Crippen LogP contribution in [0.1, 0.15) is 17.9 Å². The van der Waals surface area contributed by atoms with Crippen molar-refractivity contribution >= 4 is 22.6 Å². The molecule has 0 spiro atoms. The van der Waals surface area contributed by atoms with Gasteiger partial charge in [-0.1, -0.05) is 47.6 Å². The first-order chi connectivity index (χ1) is 10.3. The fraction of sp³-hybridized carbons (Fsp3) is 0.200. The number of hydrogen-bond acceptors (Lipinski definition) is 4. The van der Waals surface area contributed by atoms with E-state index in [2.05, 4.69) is 56.3 Å². The van der Waals surface area contributed by atoms with Gasteiger partial charge >= 0.3 is 0 Å². The van der Waals surface area contributed by atoms with Crippen LogP contribution in [0.15, 0.2) is 42.5 Å². The van der Waals surface area contributed by atoms with Crippen molar-refractivity contribution in [1.82, 2.24) is 20.6 Å². The Morgan fingerprint density at radius 2 is 2.05 bits per heavy atom. The molecule has 1 fully saturated rings. The first-order valence-electron chi connectivity index (χ1n) is 6.84. The second kappa shape index (κ2) is 4.66. The van der Waals surface area contributed by atoms with E-state index < -0.39 is 0 Å². The van der Waals surface area contributed by atoms with Gasteiger partial charge in [0, 0.05) is 5.92 Å². The van der Waals surface area contributed by atoms with Crippen molar-refractivity contribution in [2.45, 2.75) is 12.3 Å². The summed E-state index contributed by atoms with van der Waals surface area (Å²) in [6.45, 7) is 0. The Kier molecular flexibility index (Phi) is 2.67. The van der Waals surface area contributed by atoms with Crippen molar-refractivity contribution in [3.05, 3.63) is 48.0 Å². The van der Waals surface area contributed by atoms with Crippen molar-refractivity contribution in [3.8, 4) is 0 Å². The second-order valence-electron chi connectivity index (χ2n) is 5.28. The van der Waals surface area contributed by atoms with E-state index in [-0.39, 0.29) is 23.7 Å². The van der Waals surface area contributed by atoms with E-state index >= 15 is 0 Å². The molecule has 2 atom stereocenters. The highest BCUT2D eigenvalue weighted by atomic mass is 16.2. The largest absolute Gasteiger partial charge is 0.292 e. The summed E-state index contributed by atoms with van der Waals surface area (Å²) in [6.07, 6.45) is 0.863. The lowest BCUT2D eigenvalue weighted by atomic mass is 10.0. The van der Waals surface area contributed by atoms with Gasteiger partial charge in [0.25, 0.3) is 5.95 Å².